The number of hydrogen-bond donors (Lipinski definition) is 0. The van der Waals surface area contributed by atoms with E-state index in [0.717, 1.165) is 25.9 Å². The molecule has 0 N–H and O–H groups in total. The Bertz CT molecular complexity index is 557. The monoisotopic (exact) mass is 296 g/mol. The third-order valence-electron chi connectivity index (χ3n) is 3.94. The molecule has 22 heavy (non-hydrogen) atoms. The van der Waals surface area contributed by atoms with Gasteiger partial charge in [-0.15, -0.1) is 0 Å². The van der Waals surface area contributed by atoms with E-state index < -0.39 is 0 Å². The number of carbonyl (C=O) groups is 1. The van der Waals surface area contributed by atoms with Crippen molar-refractivity contribution >= 4 is 5.91 Å². The second-order valence-corrected chi connectivity index (χ2v) is 5.57. The minimum Gasteiger partial charge on any atom is -0.316 e. The lowest BCUT2D eigenvalue weighted by Crippen LogP contribution is -2.44. The summed E-state index contributed by atoms with van der Waals surface area (Å²) in [5.74, 6) is -0.181. The van der Waals surface area contributed by atoms with Gasteiger partial charge in [0.05, 0.1) is 18.1 Å². The molecule has 0 radical (unpaired) electrons. The number of likely N-dealkylation sites (tertiary alicyclic amines) is 1. The molecule has 0 aliphatic carbocycles. The largest absolute Gasteiger partial charge is 0.316 e. The zero-order valence-corrected chi connectivity index (χ0v) is 12.6. The third kappa shape index (κ3) is 4.31. The van der Waals surface area contributed by atoms with E-state index in [1.165, 1.54) is 10.5 Å². The molecule has 1 aliphatic rings. The van der Waals surface area contributed by atoms with Crippen molar-refractivity contribution in [3.05, 3.63) is 35.9 Å². The zero-order valence-electron chi connectivity index (χ0n) is 12.6. The highest BCUT2D eigenvalue weighted by Gasteiger charge is 2.29. The van der Waals surface area contributed by atoms with Crippen molar-refractivity contribution in [1.29, 1.82) is 10.5 Å². The molecule has 0 bridgehead atoms. The van der Waals surface area contributed by atoms with Gasteiger partial charge in [-0.1, -0.05) is 30.3 Å². The molecule has 1 atom stereocenters. The van der Waals surface area contributed by atoms with Crippen molar-refractivity contribution in [3.63, 3.8) is 0 Å². The molecule has 1 unspecified atom stereocenters. The summed E-state index contributed by atoms with van der Waals surface area (Å²) >= 11 is 0. The molecule has 5 heteroatoms. The van der Waals surface area contributed by atoms with Gasteiger partial charge in [-0.25, -0.2) is 0 Å². The highest BCUT2D eigenvalue weighted by Crippen LogP contribution is 2.20. The molecular weight excluding hydrogens is 276 g/mol. The van der Waals surface area contributed by atoms with Crippen molar-refractivity contribution in [1.82, 2.24) is 9.80 Å². The summed E-state index contributed by atoms with van der Waals surface area (Å²) in [6.07, 6.45) is 1.80. The predicted molar refractivity (Wildman–Crippen MR) is 82.2 cm³/mol. The molecule has 1 aromatic carbocycles. The number of amides is 1. The highest BCUT2D eigenvalue weighted by atomic mass is 16.2. The molecule has 114 valence electrons. The van der Waals surface area contributed by atoms with E-state index in [-0.39, 0.29) is 24.9 Å². The molecule has 0 spiro atoms. The van der Waals surface area contributed by atoms with Crippen LogP contribution in [0, 0.1) is 28.6 Å². The van der Waals surface area contributed by atoms with Crippen molar-refractivity contribution < 1.29 is 4.79 Å². The topological polar surface area (TPSA) is 71.1 Å². The second-order valence-electron chi connectivity index (χ2n) is 5.57. The molecule has 0 aromatic heterocycles. The van der Waals surface area contributed by atoms with Gasteiger partial charge in [0.15, 0.2) is 0 Å². The van der Waals surface area contributed by atoms with Crippen LogP contribution in [-0.4, -0.2) is 41.9 Å². The second kappa shape index (κ2) is 8.17. The van der Waals surface area contributed by atoms with Crippen molar-refractivity contribution in [3.8, 4) is 12.1 Å². The van der Waals surface area contributed by atoms with Gasteiger partial charge in [-0.2, -0.15) is 10.5 Å². The van der Waals surface area contributed by atoms with E-state index in [4.69, 9.17) is 10.5 Å². The van der Waals surface area contributed by atoms with Gasteiger partial charge in [-0.3, -0.25) is 9.69 Å². The molecule has 2 rings (SSSR count). The van der Waals surface area contributed by atoms with Crippen molar-refractivity contribution in [2.45, 2.75) is 19.4 Å². The lowest BCUT2D eigenvalue weighted by molar-refractivity contribution is -0.136. The fraction of sp³-hybridized carbons (Fsp3) is 0.471. The Morgan fingerprint density at radius 2 is 1.91 bits per heavy atom. The van der Waals surface area contributed by atoms with E-state index in [9.17, 15) is 4.79 Å². The minimum atomic E-state index is -0.112. The van der Waals surface area contributed by atoms with Gasteiger partial charge >= 0.3 is 0 Å². The van der Waals surface area contributed by atoms with Crippen LogP contribution in [0.3, 0.4) is 0 Å². The molecule has 1 amide bonds. The Morgan fingerprint density at radius 1 is 1.23 bits per heavy atom. The maximum atomic E-state index is 12.5. The SMILES string of the molecule is N#CCN(CC#N)C(=O)C1CCCN(Cc2ccccc2)C1. The Hall–Kier alpha value is -2.37. The summed E-state index contributed by atoms with van der Waals surface area (Å²) in [6, 6.07) is 14.1. The van der Waals surface area contributed by atoms with Gasteiger partial charge < -0.3 is 4.90 Å². The molecule has 1 heterocycles. The first-order valence-electron chi connectivity index (χ1n) is 7.53. The average Bonchev–Trinajstić information content (AvgIpc) is 2.55. The van der Waals surface area contributed by atoms with Crippen LogP contribution in [0.2, 0.25) is 0 Å². The summed E-state index contributed by atoms with van der Waals surface area (Å²) in [6.45, 7) is 2.49. The number of piperidine rings is 1. The first kappa shape index (κ1) is 16.0. The number of benzene rings is 1. The average molecular weight is 296 g/mol. The van der Waals surface area contributed by atoms with E-state index in [1.54, 1.807) is 0 Å². The number of nitrogens with zero attached hydrogens (tertiary/aromatic N) is 4. The fourth-order valence-corrected chi connectivity index (χ4v) is 2.88. The molecule has 1 saturated heterocycles. The quantitative estimate of drug-likeness (QED) is 0.776. The van der Waals surface area contributed by atoms with Crippen LogP contribution in [0.5, 0.6) is 0 Å². The summed E-state index contributed by atoms with van der Waals surface area (Å²) in [5.41, 5.74) is 1.24. The van der Waals surface area contributed by atoms with Gasteiger partial charge in [-0.05, 0) is 24.9 Å². The Balaban J connectivity index is 1.96. The maximum absolute atomic E-state index is 12.5. The lowest BCUT2D eigenvalue weighted by Gasteiger charge is -2.33. The molecule has 5 nitrogen and oxygen atoms in total. The van der Waals surface area contributed by atoms with Crippen molar-refractivity contribution in [2.24, 2.45) is 5.92 Å². The molecule has 0 saturated carbocycles. The molecular formula is C17H20N4O. The Labute approximate surface area is 131 Å². The molecule has 1 fully saturated rings. The minimum absolute atomic E-state index is 0.0123. The van der Waals surface area contributed by atoms with Crippen LogP contribution in [0.4, 0.5) is 0 Å². The fourth-order valence-electron chi connectivity index (χ4n) is 2.88. The maximum Gasteiger partial charge on any atom is 0.228 e. The van der Waals surface area contributed by atoms with E-state index in [0.29, 0.717) is 6.54 Å². The number of carbonyl (C=O) groups excluding carboxylic acids is 1. The highest BCUT2D eigenvalue weighted by molar-refractivity contribution is 5.79. The Kier molecular flexibility index (Phi) is 5.94. The number of hydrogen-bond acceptors (Lipinski definition) is 4. The molecule has 1 aliphatic heterocycles. The van der Waals surface area contributed by atoms with Gasteiger partial charge in [0.25, 0.3) is 0 Å². The van der Waals surface area contributed by atoms with Crippen LogP contribution in [0.15, 0.2) is 30.3 Å². The summed E-state index contributed by atoms with van der Waals surface area (Å²) in [5, 5.41) is 17.6. The molecule has 1 aromatic rings. The number of nitriles is 2. The summed E-state index contributed by atoms with van der Waals surface area (Å²) < 4.78 is 0. The van der Waals surface area contributed by atoms with Gasteiger partial charge in [0.1, 0.15) is 13.1 Å². The van der Waals surface area contributed by atoms with Gasteiger partial charge in [0.2, 0.25) is 5.91 Å². The number of rotatable bonds is 5. The summed E-state index contributed by atoms with van der Waals surface area (Å²) in [7, 11) is 0. The van der Waals surface area contributed by atoms with E-state index in [2.05, 4.69) is 17.0 Å². The van der Waals surface area contributed by atoms with E-state index in [1.807, 2.05) is 30.3 Å². The third-order valence-corrected chi connectivity index (χ3v) is 3.94. The van der Waals surface area contributed by atoms with Crippen LogP contribution in [-0.2, 0) is 11.3 Å². The lowest BCUT2D eigenvalue weighted by atomic mass is 9.96. The van der Waals surface area contributed by atoms with Crippen LogP contribution in [0.1, 0.15) is 18.4 Å². The van der Waals surface area contributed by atoms with Crippen LogP contribution in [0.25, 0.3) is 0 Å². The predicted octanol–water partition coefficient (Wildman–Crippen LogP) is 1.77. The zero-order chi connectivity index (χ0) is 15.8. The Morgan fingerprint density at radius 3 is 2.55 bits per heavy atom. The van der Waals surface area contributed by atoms with Crippen LogP contribution < -0.4 is 0 Å². The van der Waals surface area contributed by atoms with E-state index >= 15 is 0 Å². The normalized spacial score (nSPS) is 18.2. The smallest absolute Gasteiger partial charge is 0.228 e. The first-order chi connectivity index (χ1) is 10.7. The first-order valence-corrected chi connectivity index (χ1v) is 7.53. The standard InChI is InChI=1S/C17H20N4O/c18-8-11-21(12-9-19)17(22)16-7-4-10-20(14-16)13-15-5-2-1-3-6-15/h1-3,5-6,16H,4,7,10-14H2. The van der Waals surface area contributed by atoms with Crippen LogP contribution >= 0.6 is 0 Å². The summed E-state index contributed by atoms with van der Waals surface area (Å²) in [4.78, 5) is 16.1. The van der Waals surface area contributed by atoms with Crippen molar-refractivity contribution in [2.75, 3.05) is 26.2 Å². The van der Waals surface area contributed by atoms with Gasteiger partial charge in [0, 0.05) is 13.1 Å².